The van der Waals surface area contributed by atoms with Crippen LogP contribution in [-0.2, 0) is 16.0 Å². The van der Waals surface area contributed by atoms with E-state index in [1.165, 1.54) is 0 Å². The van der Waals surface area contributed by atoms with Gasteiger partial charge in [0.2, 0.25) is 0 Å². The van der Waals surface area contributed by atoms with Gasteiger partial charge in [0.05, 0.1) is 12.7 Å². The summed E-state index contributed by atoms with van der Waals surface area (Å²) in [5.41, 5.74) is 0. The van der Waals surface area contributed by atoms with Gasteiger partial charge in [-0.1, -0.05) is 0 Å². The molecule has 1 saturated heterocycles. The van der Waals surface area contributed by atoms with E-state index in [0.29, 0.717) is 12.9 Å². The predicted octanol–water partition coefficient (Wildman–Crippen LogP) is 0.626. The Bertz CT molecular complexity index is 271. The first-order valence-electron chi connectivity index (χ1n) is 5.82. The highest BCUT2D eigenvalue weighted by Crippen LogP contribution is 2.04. The zero-order valence-electron chi connectivity index (χ0n) is 9.47. The van der Waals surface area contributed by atoms with E-state index in [1.54, 1.807) is 0 Å². The molecule has 1 aromatic heterocycles. The lowest BCUT2D eigenvalue weighted by Crippen LogP contribution is -2.34. The van der Waals surface area contributed by atoms with Crippen LogP contribution in [0, 0.1) is 0 Å². The summed E-state index contributed by atoms with van der Waals surface area (Å²) in [4.78, 5) is 0. The highest BCUT2D eigenvalue weighted by molar-refractivity contribution is 4.77. The summed E-state index contributed by atoms with van der Waals surface area (Å²) in [5.74, 6) is 0. The van der Waals surface area contributed by atoms with Crippen molar-refractivity contribution in [2.75, 3.05) is 26.5 Å². The number of aromatic nitrogens is 2. The first kappa shape index (κ1) is 11.6. The lowest BCUT2D eigenvalue weighted by atomic mass is 10.2. The minimum atomic E-state index is 0.318. The first-order chi connectivity index (χ1) is 7.95. The van der Waals surface area contributed by atoms with E-state index >= 15 is 0 Å². The molecular weight excluding hydrogens is 206 g/mol. The van der Waals surface area contributed by atoms with Crippen LogP contribution >= 0.6 is 0 Å². The molecule has 1 N–H and O–H groups in total. The molecule has 0 amide bonds. The van der Waals surface area contributed by atoms with Crippen molar-refractivity contribution < 1.29 is 9.47 Å². The van der Waals surface area contributed by atoms with E-state index in [1.807, 2.05) is 23.1 Å². The smallest absolute Gasteiger partial charge is 0.147 e. The normalized spacial score (nSPS) is 21.1. The molecule has 1 fully saturated rings. The number of nitrogens with zero attached hydrogens (tertiary/aromatic N) is 2. The van der Waals surface area contributed by atoms with Crippen molar-refractivity contribution in [2.45, 2.75) is 25.5 Å². The molecule has 2 rings (SSSR count). The van der Waals surface area contributed by atoms with Crippen molar-refractivity contribution in [1.29, 1.82) is 0 Å². The maximum absolute atomic E-state index is 5.43. The van der Waals surface area contributed by atoms with Crippen molar-refractivity contribution in [3.05, 3.63) is 18.5 Å². The van der Waals surface area contributed by atoms with Gasteiger partial charge in [-0.05, 0) is 25.5 Å². The van der Waals surface area contributed by atoms with E-state index in [4.69, 9.17) is 9.47 Å². The van der Waals surface area contributed by atoms with Crippen molar-refractivity contribution in [3.63, 3.8) is 0 Å². The van der Waals surface area contributed by atoms with E-state index in [-0.39, 0.29) is 0 Å². The second-order valence-electron chi connectivity index (χ2n) is 3.93. The maximum atomic E-state index is 5.43. The average Bonchev–Trinajstić information content (AvgIpc) is 2.83. The number of aryl methyl sites for hydroxylation is 1. The second-order valence-corrected chi connectivity index (χ2v) is 3.93. The van der Waals surface area contributed by atoms with Crippen LogP contribution in [0.3, 0.4) is 0 Å². The van der Waals surface area contributed by atoms with Gasteiger partial charge in [0.1, 0.15) is 6.79 Å². The number of nitrogens with one attached hydrogen (secondary N) is 1. The second kappa shape index (κ2) is 6.62. The van der Waals surface area contributed by atoms with Gasteiger partial charge in [-0.3, -0.25) is 4.68 Å². The van der Waals surface area contributed by atoms with Gasteiger partial charge in [0.15, 0.2) is 0 Å². The molecule has 90 valence electrons. The standard InChI is InChI=1S/C11H19N3O2/c1(6-14-7-2-5-13-14)4-12-9-11-3-8-15-10-16-11/h2,5,7,11-12H,1,3-4,6,8-10H2. The van der Waals surface area contributed by atoms with E-state index in [9.17, 15) is 0 Å². The van der Waals surface area contributed by atoms with Crippen LogP contribution in [0.1, 0.15) is 12.8 Å². The van der Waals surface area contributed by atoms with Crippen molar-refractivity contribution in [3.8, 4) is 0 Å². The van der Waals surface area contributed by atoms with Gasteiger partial charge >= 0.3 is 0 Å². The topological polar surface area (TPSA) is 48.3 Å². The van der Waals surface area contributed by atoms with Gasteiger partial charge in [-0.2, -0.15) is 5.10 Å². The molecule has 1 aromatic rings. The van der Waals surface area contributed by atoms with Crippen molar-refractivity contribution in [1.82, 2.24) is 15.1 Å². The van der Waals surface area contributed by atoms with Crippen LogP contribution in [0.5, 0.6) is 0 Å². The fourth-order valence-corrected chi connectivity index (χ4v) is 1.72. The minimum absolute atomic E-state index is 0.318. The Balaban J connectivity index is 1.48. The Hall–Kier alpha value is -0.910. The zero-order valence-corrected chi connectivity index (χ0v) is 9.47. The molecule has 0 spiro atoms. The molecule has 2 heterocycles. The van der Waals surface area contributed by atoms with Crippen LogP contribution in [0.15, 0.2) is 18.5 Å². The van der Waals surface area contributed by atoms with Crippen LogP contribution in [0.2, 0.25) is 0 Å². The Morgan fingerprint density at radius 3 is 3.25 bits per heavy atom. The SMILES string of the molecule is c1cnn(CCCNCC2CCOCO2)c1. The molecule has 0 bridgehead atoms. The lowest BCUT2D eigenvalue weighted by molar-refractivity contribution is -0.137. The number of hydrogen-bond donors (Lipinski definition) is 1. The molecule has 1 aliphatic rings. The van der Waals surface area contributed by atoms with E-state index in [2.05, 4.69) is 10.4 Å². The van der Waals surface area contributed by atoms with Gasteiger partial charge in [-0.25, -0.2) is 0 Å². The minimum Gasteiger partial charge on any atom is -0.355 e. The summed E-state index contributed by atoms with van der Waals surface area (Å²) >= 11 is 0. The Morgan fingerprint density at radius 2 is 2.50 bits per heavy atom. The molecule has 16 heavy (non-hydrogen) atoms. The predicted molar refractivity (Wildman–Crippen MR) is 60.0 cm³/mol. The monoisotopic (exact) mass is 225 g/mol. The molecule has 0 aromatic carbocycles. The molecule has 0 saturated carbocycles. The maximum Gasteiger partial charge on any atom is 0.147 e. The van der Waals surface area contributed by atoms with Gasteiger partial charge in [0.25, 0.3) is 0 Å². The third kappa shape index (κ3) is 3.92. The first-order valence-corrected chi connectivity index (χ1v) is 5.82. The van der Waals surface area contributed by atoms with Crippen LogP contribution < -0.4 is 5.32 Å². The number of rotatable bonds is 6. The quantitative estimate of drug-likeness (QED) is 0.721. The van der Waals surface area contributed by atoms with Crippen molar-refractivity contribution >= 4 is 0 Å². The summed E-state index contributed by atoms with van der Waals surface area (Å²) in [6, 6.07) is 1.95. The molecule has 5 heteroatoms. The molecule has 0 aliphatic carbocycles. The largest absolute Gasteiger partial charge is 0.355 e. The number of ether oxygens (including phenoxy) is 2. The van der Waals surface area contributed by atoms with E-state index in [0.717, 1.165) is 39.1 Å². The fourth-order valence-electron chi connectivity index (χ4n) is 1.72. The fraction of sp³-hybridized carbons (Fsp3) is 0.727. The summed E-state index contributed by atoms with van der Waals surface area (Å²) in [6.07, 6.45) is 6.19. The molecule has 1 unspecified atom stereocenters. The zero-order chi connectivity index (χ0) is 11.1. The van der Waals surface area contributed by atoms with E-state index < -0.39 is 0 Å². The molecule has 1 atom stereocenters. The third-order valence-electron chi connectivity index (χ3n) is 2.64. The van der Waals surface area contributed by atoms with Gasteiger partial charge in [-0.15, -0.1) is 0 Å². The highest BCUT2D eigenvalue weighted by Gasteiger charge is 2.12. The lowest BCUT2D eigenvalue weighted by Gasteiger charge is -2.22. The summed E-state index contributed by atoms with van der Waals surface area (Å²) in [6.45, 7) is 4.15. The average molecular weight is 225 g/mol. The highest BCUT2D eigenvalue weighted by atomic mass is 16.7. The molecule has 5 nitrogen and oxygen atoms in total. The van der Waals surface area contributed by atoms with Crippen LogP contribution in [-0.4, -0.2) is 42.4 Å². The van der Waals surface area contributed by atoms with Crippen LogP contribution in [0.25, 0.3) is 0 Å². The molecular formula is C11H19N3O2. The Morgan fingerprint density at radius 1 is 1.50 bits per heavy atom. The molecule has 1 aliphatic heterocycles. The Kier molecular flexibility index (Phi) is 4.79. The van der Waals surface area contributed by atoms with Gasteiger partial charge in [0, 0.05) is 25.5 Å². The van der Waals surface area contributed by atoms with Crippen molar-refractivity contribution in [2.24, 2.45) is 0 Å². The summed E-state index contributed by atoms with van der Waals surface area (Å²) in [5, 5.41) is 7.55. The molecule has 0 radical (unpaired) electrons. The summed E-state index contributed by atoms with van der Waals surface area (Å²) in [7, 11) is 0. The number of hydrogen-bond acceptors (Lipinski definition) is 4. The third-order valence-corrected chi connectivity index (χ3v) is 2.64. The Labute approximate surface area is 95.7 Å². The summed E-state index contributed by atoms with van der Waals surface area (Å²) < 4.78 is 12.5. The van der Waals surface area contributed by atoms with Crippen LogP contribution in [0.4, 0.5) is 0 Å². The van der Waals surface area contributed by atoms with Gasteiger partial charge < -0.3 is 14.8 Å².